The molecule has 2 N–H and O–H groups in total. The van der Waals surface area contributed by atoms with E-state index in [4.69, 9.17) is 16.3 Å². The molecule has 7 heteroatoms. The van der Waals surface area contributed by atoms with E-state index in [1.165, 1.54) is 12.8 Å². The molecule has 3 aliphatic heterocycles. The van der Waals surface area contributed by atoms with E-state index in [0.29, 0.717) is 42.9 Å². The van der Waals surface area contributed by atoms with Gasteiger partial charge in [-0.3, -0.25) is 9.69 Å². The van der Waals surface area contributed by atoms with Crippen LogP contribution in [0.1, 0.15) is 23.2 Å². The second-order valence-electron chi connectivity index (χ2n) is 7.38. The van der Waals surface area contributed by atoms with Crippen LogP contribution in [0.4, 0.5) is 5.69 Å². The number of morpholine rings is 1. The first-order valence-electron chi connectivity index (χ1n) is 9.58. The number of piperidine rings is 1. The van der Waals surface area contributed by atoms with Crippen LogP contribution in [0.25, 0.3) is 0 Å². The van der Waals surface area contributed by atoms with Crippen molar-refractivity contribution in [2.45, 2.75) is 24.9 Å². The zero-order chi connectivity index (χ0) is 17.9. The standard InChI is InChI=1S/C19H27ClN4O2/c20-18-11-14(1-2-17(18)19(25)23-7-9-26-10-8-23)22-15-12-24(13-15)16-3-5-21-6-4-16/h1-2,11,15-16,21-22H,3-10,12-13H2. The summed E-state index contributed by atoms with van der Waals surface area (Å²) < 4.78 is 5.31. The van der Waals surface area contributed by atoms with Crippen LogP contribution in [-0.4, -0.2) is 80.3 Å². The zero-order valence-electron chi connectivity index (χ0n) is 15.0. The molecule has 3 heterocycles. The number of benzene rings is 1. The molecular weight excluding hydrogens is 352 g/mol. The number of rotatable bonds is 4. The molecule has 3 fully saturated rings. The lowest BCUT2D eigenvalue weighted by atomic mass is 9.98. The largest absolute Gasteiger partial charge is 0.380 e. The van der Waals surface area contributed by atoms with Gasteiger partial charge in [0.05, 0.1) is 29.8 Å². The zero-order valence-corrected chi connectivity index (χ0v) is 15.8. The summed E-state index contributed by atoms with van der Waals surface area (Å²) in [5.74, 6) is -0.00872. The molecule has 0 bridgehead atoms. The third-order valence-corrected chi connectivity index (χ3v) is 5.92. The van der Waals surface area contributed by atoms with Gasteiger partial charge in [-0.1, -0.05) is 11.6 Å². The molecular formula is C19H27ClN4O2. The van der Waals surface area contributed by atoms with Gasteiger partial charge in [-0.25, -0.2) is 0 Å². The number of hydrogen-bond donors (Lipinski definition) is 2. The van der Waals surface area contributed by atoms with E-state index in [2.05, 4.69) is 15.5 Å². The summed E-state index contributed by atoms with van der Waals surface area (Å²) in [6.07, 6.45) is 2.49. The van der Waals surface area contributed by atoms with E-state index >= 15 is 0 Å². The Morgan fingerprint density at radius 3 is 2.62 bits per heavy atom. The molecule has 0 aromatic heterocycles. The fraction of sp³-hybridized carbons (Fsp3) is 0.632. The van der Waals surface area contributed by atoms with Crippen molar-refractivity contribution >= 4 is 23.2 Å². The third kappa shape index (κ3) is 3.98. The predicted molar refractivity (Wildman–Crippen MR) is 103 cm³/mol. The molecule has 0 spiro atoms. The number of nitrogens with one attached hydrogen (secondary N) is 2. The van der Waals surface area contributed by atoms with Crippen LogP contribution in [-0.2, 0) is 4.74 Å². The van der Waals surface area contributed by atoms with E-state index in [0.717, 1.165) is 37.9 Å². The Morgan fingerprint density at radius 2 is 1.92 bits per heavy atom. The Morgan fingerprint density at radius 1 is 1.19 bits per heavy atom. The predicted octanol–water partition coefficient (Wildman–Crippen LogP) is 1.66. The van der Waals surface area contributed by atoms with Gasteiger partial charge >= 0.3 is 0 Å². The van der Waals surface area contributed by atoms with Gasteiger partial charge in [0.2, 0.25) is 0 Å². The number of hydrogen-bond acceptors (Lipinski definition) is 5. The van der Waals surface area contributed by atoms with Crippen molar-refractivity contribution in [3.8, 4) is 0 Å². The van der Waals surface area contributed by atoms with Gasteiger partial charge in [-0.15, -0.1) is 0 Å². The van der Waals surface area contributed by atoms with E-state index in [1.54, 1.807) is 4.90 Å². The lowest BCUT2D eigenvalue weighted by molar-refractivity contribution is 0.0303. The normalized spacial score (nSPS) is 22.9. The van der Waals surface area contributed by atoms with Crippen molar-refractivity contribution in [1.29, 1.82) is 0 Å². The Kier molecular flexibility index (Phi) is 5.64. The Labute approximate surface area is 159 Å². The first-order chi connectivity index (χ1) is 12.7. The van der Waals surface area contributed by atoms with Crippen molar-refractivity contribution in [2.24, 2.45) is 0 Å². The van der Waals surface area contributed by atoms with Crippen LogP contribution < -0.4 is 10.6 Å². The van der Waals surface area contributed by atoms with Crippen LogP contribution in [0.15, 0.2) is 18.2 Å². The van der Waals surface area contributed by atoms with Gasteiger partial charge in [0, 0.05) is 37.9 Å². The van der Waals surface area contributed by atoms with Crippen molar-refractivity contribution in [2.75, 3.05) is 57.8 Å². The summed E-state index contributed by atoms with van der Waals surface area (Å²) in [7, 11) is 0. The highest BCUT2D eigenvalue weighted by molar-refractivity contribution is 6.34. The number of carbonyl (C=O) groups excluding carboxylic acids is 1. The quantitative estimate of drug-likeness (QED) is 0.834. The molecule has 4 rings (SSSR count). The van der Waals surface area contributed by atoms with E-state index < -0.39 is 0 Å². The molecule has 1 aromatic carbocycles. The van der Waals surface area contributed by atoms with E-state index in [-0.39, 0.29) is 5.91 Å². The number of nitrogens with zero attached hydrogens (tertiary/aromatic N) is 2. The topological polar surface area (TPSA) is 56.8 Å². The number of likely N-dealkylation sites (tertiary alicyclic amines) is 1. The van der Waals surface area contributed by atoms with Gasteiger partial charge < -0.3 is 20.3 Å². The molecule has 6 nitrogen and oxygen atoms in total. The molecule has 0 unspecified atom stereocenters. The second-order valence-corrected chi connectivity index (χ2v) is 7.78. The first-order valence-corrected chi connectivity index (χ1v) is 9.96. The molecule has 0 saturated carbocycles. The average Bonchev–Trinajstić information content (AvgIpc) is 2.65. The fourth-order valence-electron chi connectivity index (χ4n) is 4.02. The summed E-state index contributed by atoms with van der Waals surface area (Å²) in [5, 5.41) is 7.48. The minimum absolute atomic E-state index is 0.00872. The van der Waals surface area contributed by atoms with Gasteiger partial charge in [-0.05, 0) is 44.1 Å². The molecule has 1 amide bonds. The SMILES string of the molecule is O=C(c1ccc(NC2CN(C3CCNCC3)C2)cc1Cl)N1CCOCC1. The molecule has 26 heavy (non-hydrogen) atoms. The molecule has 3 saturated heterocycles. The Hall–Kier alpha value is -1.34. The highest BCUT2D eigenvalue weighted by atomic mass is 35.5. The number of ether oxygens (including phenoxy) is 1. The van der Waals surface area contributed by atoms with Crippen LogP contribution in [0.5, 0.6) is 0 Å². The summed E-state index contributed by atoms with van der Waals surface area (Å²) in [5.41, 5.74) is 1.56. The molecule has 3 aliphatic rings. The summed E-state index contributed by atoms with van der Waals surface area (Å²) in [6.45, 7) is 6.87. The number of halogens is 1. The molecule has 1 aromatic rings. The van der Waals surface area contributed by atoms with Gasteiger partial charge in [-0.2, -0.15) is 0 Å². The summed E-state index contributed by atoms with van der Waals surface area (Å²) >= 11 is 6.40. The maximum atomic E-state index is 12.6. The van der Waals surface area contributed by atoms with Crippen LogP contribution in [0.3, 0.4) is 0 Å². The lowest BCUT2D eigenvalue weighted by Crippen LogP contribution is -2.60. The monoisotopic (exact) mass is 378 g/mol. The summed E-state index contributed by atoms with van der Waals surface area (Å²) in [4.78, 5) is 17.0. The van der Waals surface area contributed by atoms with Crippen molar-refractivity contribution in [1.82, 2.24) is 15.1 Å². The van der Waals surface area contributed by atoms with E-state index in [9.17, 15) is 4.79 Å². The first kappa shape index (κ1) is 18.0. The number of anilines is 1. The third-order valence-electron chi connectivity index (χ3n) is 5.60. The van der Waals surface area contributed by atoms with Gasteiger partial charge in [0.1, 0.15) is 0 Å². The molecule has 0 aliphatic carbocycles. The Balaban J connectivity index is 1.31. The highest BCUT2D eigenvalue weighted by Crippen LogP contribution is 2.26. The van der Waals surface area contributed by atoms with Gasteiger partial charge in [0.25, 0.3) is 5.91 Å². The average molecular weight is 379 g/mol. The second kappa shape index (κ2) is 8.13. The highest BCUT2D eigenvalue weighted by Gasteiger charge is 2.32. The maximum Gasteiger partial charge on any atom is 0.255 e. The Bertz CT molecular complexity index is 638. The van der Waals surface area contributed by atoms with Crippen molar-refractivity contribution in [3.63, 3.8) is 0 Å². The number of amides is 1. The summed E-state index contributed by atoms with van der Waals surface area (Å²) in [6, 6.07) is 6.87. The van der Waals surface area contributed by atoms with Crippen molar-refractivity contribution < 1.29 is 9.53 Å². The molecule has 0 radical (unpaired) electrons. The van der Waals surface area contributed by atoms with E-state index in [1.807, 2.05) is 18.2 Å². The van der Waals surface area contributed by atoms with Gasteiger partial charge in [0.15, 0.2) is 0 Å². The van der Waals surface area contributed by atoms with Crippen molar-refractivity contribution in [3.05, 3.63) is 28.8 Å². The molecule has 142 valence electrons. The fourth-order valence-corrected chi connectivity index (χ4v) is 4.29. The van der Waals surface area contributed by atoms with Crippen LogP contribution in [0.2, 0.25) is 5.02 Å². The number of carbonyl (C=O) groups is 1. The molecule has 0 atom stereocenters. The van der Waals surface area contributed by atoms with Crippen LogP contribution in [0, 0.1) is 0 Å². The minimum Gasteiger partial charge on any atom is -0.380 e. The smallest absolute Gasteiger partial charge is 0.255 e. The lowest BCUT2D eigenvalue weighted by Gasteiger charge is -2.46. The minimum atomic E-state index is -0.00872. The maximum absolute atomic E-state index is 12.6. The van der Waals surface area contributed by atoms with Crippen LogP contribution >= 0.6 is 11.6 Å².